The van der Waals surface area contributed by atoms with Gasteiger partial charge in [0.05, 0.1) is 5.92 Å². The maximum absolute atomic E-state index is 10.4. The van der Waals surface area contributed by atoms with Gasteiger partial charge in [0.1, 0.15) is 0 Å². The van der Waals surface area contributed by atoms with Gasteiger partial charge in [-0.2, -0.15) is 0 Å². The number of aliphatic carboxylic acids is 1. The maximum atomic E-state index is 10.4. The second-order valence-corrected chi connectivity index (χ2v) is 3.82. The van der Waals surface area contributed by atoms with Crippen molar-refractivity contribution in [3.8, 4) is 0 Å². The minimum absolute atomic E-state index is 0.150. The molecule has 72 valence electrons. The summed E-state index contributed by atoms with van der Waals surface area (Å²) in [6, 6.07) is 0. The van der Waals surface area contributed by atoms with Crippen LogP contribution in [0, 0.1) is 5.92 Å². The quantitative estimate of drug-likeness (QED) is 0.658. The van der Waals surface area contributed by atoms with Gasteiger partial charge in [-0.1, -0.05) is 20.3 Å². The Kier molecular flexibility index (Phi) is 6.17. The van der Waals surface area contributed by atoms with E-state index in [4.69, 9.17) is 16.7 Å². The van der Waals surface area contributed by atoms with Crippen LogP contribution in [0.2, 0.25) is 0 Å². The molecule has 0 aliphatic carbocycles. The number of hydrogen-bond acceptors (Lipinski definition) is 1. The standard InChI is InChI=1S/C9H17ClO2/c1-3-4-8(10)6-5-7(2)9(11)12/h7-8H,3-6H2,1-2H3,(H,11,12). The molecule has 2 atom stereocenters. The van der Waals surface area contributed by atoms with Crippen molar-refractivity contribution in [3.05, 3.63) is 0 Å². The molecule has 0 aromatic rings. The van der Waals surface area contributed by atoms with Gasteiger partial charge in [0.25, 0.3) is 0 Å². The monoisotopic (exact) mass is 192 g/mol. The number of hydrogen-bond donors (Lipinski definition) is 1. The minimum Gasteiger partial charge on any atom is -0.481 e. The van der Waals surface area contributed by atoms with Gasteiger partial charge in [-0.05, 0) is 19.3 Å². The summed E-state index contributed by atoms with van der Waals surface area (Å²) < 4.78 is 0. The lowest BCUT2D eigenvalue weighted by molar-refractivity contribution is -0.141. The molecular weight excluding hydrogens is 176 g/mol. The van der Waals surface area contributed by atoms with Crippen LogP contribution in [0.1, 0.15) is 39.5 Å². The van der Waals surface area contributed by atoms with E-state index in [2.05, 4.69) is 6.92 Å². The van der Waals surface area contributed by atoms with E-state index in [9.17, 15) is 4.79 Å². The highest BCUT2D eigenvalue weighted by Crippen LogP contribution is 2.15. The first-order valence-corrected chi connectivity index (χ1v) is 4.88. The molecule has 1 N–H and O–H groups in total. The predicted octanol–water partition coefficient (Wildman–Crippen LogP) is 2.89. The van der Waals surface area contributed by atoms with E-state index >= 15 is 0 Å². The van der Waals surface area contributed by atoms with Gasteiger partial charge in [0, 0.05) is 5.38 Å². The Morgan fingerprint density at radius 2 is 2.00 bits per heavy atom. The molecule has 0 aromatic carbocycles. The first kappa shape index (κ1) is 11.8. The molecule has 0 aromatic heterocycles. The molecule has 0 aliphatic rings. The SMILES string of the molecule is CCCC(Cl)CCC(C)C(=O)O. The van der Waals surface area contributed by atoms with Crippen LogP contribution >= 0.6 is 11.6 Å². The molecule has 3 heteroatoms. The van der Waals surface area contributed by atoms with Crippen molar-refractivity contribution in [3.63, 3.8) is 0 Å². The number of carbonyl (C=O) groups is 1. The first-order chi connectivity index (χ1) is 5.57. The fraction of sp³-hybridized carbons (Fsp3) is 0.889. The van der Waals surface area contributed by atoms with Crippen LogP contribution in [-0.4, -0.2) is 16.5 Å². The van der Waals surface area contributed by atoms with Gasteiger partial charge in [0.2, 0.25) is 0 Å². The summed E-state index contributed by atoms with van der Waals surface area (Å²) in [5.74, 6) is -0.988. The van der Waals surface area contributed by atoms with Gasteiger partial charge < -0.3 is 5.11 Å². The fourth-order valence-corrected chi connectivity index (χ4v) is 1.36. The van der Waals surface area contributed by atoms with Crippen LogP contribution in [0.25, 0.3) is 0 Å². The van der Waals surface area contributed by atoms with Gasteiger partial charge in [-0.15, -0.1) is 11.6 Å². The molecular formula is C9H17ClO2. The second kappa shape index (κ2) is 6.30. The lowest BCUT2D eigenvalue weighted by Gasteiger charge is -2.09. The summed E-state index contributed by atoms with van der Waals surface area (Å²) in [5, 5.41) is 8.73. The Bertz CT molecular complexity index is 136. The maximum Gasteiger partial charge on any atom is 0.306 e. The van der Waals surface area contributed by atoms with Gasteiger partial charge in [0.15, 0.2) is 0 Å². The van der Waals surface area contributed by atoms with Gasteiger partial charge in [-0.25, -0.2) is 0 Å². The van der Waals surface area contributed by atoms with Crippen LogP contribution in [0.4, 0.5) is 0 Å². The summed E-state index contributed by atoms with van der Waals surface area (Å²) in [7, 11) is 0. The summed E-state index contributed by atoms with van der Waals surface area (Å²) in [5.41, 5.74) is 0. The fourth-order valence-electron chi connectivity index (χ4n) is 1.01. The molecule has 0 saturated heterocycles. The van der Waals surface area contributed by atoms with E-state index in [0.29, 0.717) is 6.42 Å². The number of carboxylic acid groups (broad SMARTS) is 1. The third-order valence-corrected chi connectivity index (χ3v) is 2.37. The molecule has 0 saturated carbocycles. The highest BCUT2D eigenvalue weighted by Gasteiger charge is 2.12. The van der Waals surface area contributed by atoms with Crippen LogP contribution in [0.15, 0.2) is 0 Å². The first-order valence-electron chi connectivity index (χ1n) is 4.44. The zero-order valence-electron chi connectivity index (χ0n) is 7.72. The third-order valence-electron chi connectivity index (χ3n) is 1.94. The molecule has 0 amide bonds. The molecule has 2 nitrogen and oxygen atoms in total. The molecule has 0 aliphatic heterocycles. The Hall–Kier alpha value is -0.240. The van der Waals surface area contributed by atoms with Crippen molar-refractivity contribution in [2.24, 2.45) is 5.92 Å². The van der Waals surface area contributed by atoms with Crippen molar-refractivity contribution in [1.82, 2.24) is 0 Å². The van der Waals surface area contributed by atoms with Crippen LogP contribution < -0.4 is 0 Å². The molecule has 12 heavy (non-hydrogen) atoms. The average molecular weight is 193 g/mol. The summed E-state index contributed by atoms with van der Waals surface area (Å²) in [6.45, 7) is 3.80. The van der Waals surface area contributed by atoms with E-state index in [-0.39, 0.29) is 11.3 Å². The highest BCUT2D eigenvalue weighted by molar-refractivity contribution is 6.20. The molecule has 0 rings (SSSR count). The van der Waals surface area contributed by atoms with Crippen molar-refractivity contribution in [1.29, 1.82) is 0 Å². The lowest BCUT2D eigenvalue weighted by atomic mass is 10.0. The highest BCUT2D eigenvalue weighted by atomic mass is 35.5. The van der Waals surface area contributed by atoms with Crippen molar-refractivity contribution >= 4 is 17.6 Å². The topological polar surface area (TPSA) is 37.3 Å². The van der Waals surface area contributed by atoms with Crippen molar-refractivity contribution in [2.45, 2.75) is 44.9 Å². The van der Waals surface area contributed by atoms with Crippen LogP contribution in [-0.2, 0) is 4.79 Å². The van der Waals surface area contributed by atoms with E-state index < -0.39 is 5.97 Å². The Labute approximate surface area is 78.9 Å². The lowest BCUT2D eigenvalue weighted by Crippen LogP contribution is -2.11. The molecule has 2 unspecified atom stereocenters. The van der Waals surface area contributed by atoms with Gasteiger partial charge >= 0.3 is 5.97 Å². The van der Waals surface area contributed by atoms with Crippen molar-refractivity contribution in [2.75, 3.05) is 0 Å². The Morgan fingerprint density at radius 1 is 1.42 bits per heavy atom. The van der Waals surface area contributed by atoms with Crippen molar-refractivity contribution < 1.29 is 9.90 Å². The summed E-state index contributed by atoms with van der Waals surface area (Å²) in [4.78, 5) is 10.4. The second-order valence-electron chi connectivity index (χ2n) is 3.20. The summed E-state index contributed by atoms with van der Waals surface area (Å²) >= 11 is 5.94. The van der Waals surface area contributed by atoms with E-state index in [0.717, 1.165) is 19.3 Å². The number of rotatable bonds is 6. The molecule has 0 heterocycles. The van der Waals surface area contributed by atoms with E-state index in [1.807, 2.05) is 0 Å². The number of halogens is 1. The molecule has 0 fully saturated rings. The normalized spacial score (nSPS) is 15.6. The third kappa shape index (κ3) is 5.42. The predicted molar refractivity (Wildman–Crippen MR) is 50.6 cm³/mol. The molecule has 0 spiro atoms. The minimum atomic E-state index is -0.727. The van der Waals surface area contributed by atoms with Crippen LogP contribution in [0.5, 0.6) is 0 Å². The zero-order chi connectivity index (χ0) is 9.56. The summed E-state index contributed by atoms with van der Waals surface area (Å²) in [6.07, 6.45) is 3.54. The van der Waals surface area contributed by atoms with Gasteiger partial charge in [-0.3, -0.25) is 4.79 Å². The Morgan fingerprint density at radius 3 is 2.42 bits per heavy atom. The largest absolute Gasteiger partial charge is 0.481 e. The zero-order valence-corrected chi connectivity index (χ0v) is 8.47. The molecule has 0 bridgehead atoms. The smallest absolute Gasteiger partial charge is 0.306 e. The van der Waals surface area contributed by atoms with E-state index in [1.54, 1.807) is 6.92 Å². The number of alkyl halides is 1. The van der Waals surface area contributed by atoms with Crippen LogP contribution in [0.3, 0.4) is 0 Å². The number of carboxylic acids is 1. The average Bonchev–Trinajstić information content (AvgIpc) is 2.00. The van der Waals surface area contributed by atoms with E-state index in [1.165, 1.54) is 0 Å². The molecule has 0 radical (unpaired) electrons. The Balaban J connectivity index is 3.46.